The largest absolute Gasteiger partial charge is 0.573 e. The lowest BCUT2D eigenvalue weighted by Gasteiger charge is -2.26. The lowest BCUT2D eigenvalue weighted by Crippen LogP contribution is -2.36. The minimum atomic E-state index is -4.84. The summed E-state index contributed by atoms with van der Waals surface area (Å²) in [4.78, 5) is 28.7. The van der Waals surface area contributed by atoms with Crippen molar-refractivity contribution in [3.63, 3.8) is 0 Å². The first-order chi connectivity index (χ1) is 18.1. The Morgan fingerprint density at radius 2 is 1.84 bits per heavy atom. The summed E-state index contributed by atoms with van der Waals surface area (Å²) in [5, 5.41) is 2.77. The maximum Gasteiger partial charge on any atom is 0.573 e. The number of fused-ring (bicyclic) bond motifs is 1. The van der Waals surface area contributed by atoms with Gasteiger partial charge in [-0.15, -0.1) is 13.2 Å². The number of hydrogen-bond acceptors (Lipinski definition) is 4. The van der Waals surface area contributed by atoms with Crippen molar-refractivity contribution >= 4 is 11.4 Å². The van der Waals surface area contributed by atoms with Gasteiger partial charge < -0.3 is 19.4 Å². The van der Waals surface area contributed by atoms with Gasteiger partial charge in [-0.2, -0.15) is 0 Å². The fourth-order valence-corrected chi connectivity index (χ4v) is 5.00. The molecule has 7 nitrogen and oxygen atoms in total. The van der Waals surface area contributed by atoms with Gasteiger partial charge in [0.2, 0.25) is 5.91 Å². The van der Waals surface area contributed by atoms with Crippen LogP contribution in [0.3, 0.4) is 0 Å². The summed E-state index contributed by atoms with van der Waals surface area (Å²) in [5.41, 5.74) is 1.69. The number of piperidine rings is 1. The van der Waals surface area contributed by atoms with Crippen LogP contribution in [-0.4, -0.2) is 51.8 Å². The van der Waals surface area contributed by atoms with Crippen LogP contribution in [0, 0.1) is 0 Å². The van der Waals surface area contributed by atoms with E-state index in [4.69, 9.17) is 0 Å². The van der Waals surface area contributed by atoms with Crippen LogP contribution in [0.25, 0.3) is 16.8 Å². The topological polar surface area (TPSA) is 68.0 Å². The Morgan fingerprint density at radius 1 is 1.08 bits per heavy atom. The number of nitrogens with zero attached hydrogens (tertiary/aromatic N) is 3. The molecule has 2 aromatic heterocycles. The molecule has 0 aliphatic carbocycles. The SMILES string of the molecule is CC(C)NC(=O)Cn1c(-c2cccc(OC(F)(F)F)c2)cn2cc(CCCCN3CCCCC3)cc2c1=O. The molecule has 0 spiro atoms. The number of amides is 1. The van der Waals surface area contributed by atoms with Gasteiger partial charge in [0.25, 0.3) is 5.56 Å². The fraction of sp³-hybridized carbons (Fsp3) is 0.500. The van der Waals surface area contributed by atoms with Gasteiger partial charge in [0, 0.05) is 24.0 Å². The van der Waals surface area contributed by atoms with Crippen molar-refractivity contribution in [2.75, 3.05) is 19.6 Å². The molecule has 4 rings (SSSR count). The second-order valence-corrected chi connectivity index (χ2v) is 10.2. The average molecular weight is 533 g/mol. The smallest absolute Gasteiger partial charge is 0.406 e. The zero-order chi connectivity index (χ0) is 27.3. The summed E-state index contributed by atoms with van der Waals surface area (Å²) in [5.74, 6) is -0.762. The van der Waals surface area contributed by atoms with Gasteiger partial charge in [-0.1, -0.05) is 18.6 Å². The first-order valence-corrected chi connectivity index (χ1v) is 13.2. The number of alkyl halides is 3. The van der Waals surface area contributed by atoms with Crippen LogP contribution in [0.1, 0.15) is 51.5 Å². The lowest BCUT2D eigenvalue weighted by molar-refractivity contribution is -0.274. The molecule has 0 bridgehead atoms. The number of halogens is 3. The summed E-state index contributed by atoms with van der Waals surface area (Å²) >= 11 is 0. The summed E-state index contributed by atoms with van der Waals surface area (Å²) in [7, 11) is 0. The molecular formula is C28H35F3N4O3. The molecule has 1 aromatic carbocycles. The van der Waals surface area contributed by atoms with Crippen molar-refractivity contribution in [2.45, 2.75) is 71.3 Å². The number of aryl methyl sites for hydroxylation is 1. The van der Waals surface area contributed by atoms with E-state index >= 15 is 0 Å². The molecule has 1 saturated heterocycles. The van der Waals surface area contributed by atoms with Gasteiger partial charge in [0.15, 0.2) is 0 Å². The van der Waals surface area contributed by atoms with E-state index < -0.39 is 12.1 Å². The zero-order valence-corrected chi connectivity index (χ0v) is 21.9. The first-order valence-electron chi connectivity index (χ1n) is 13.2. The molecule has 38 heavy (non-hydrogen) atoms. The van der Waals surface area contributed by atoms with E-state index in [-0.39, 0.29) is 24.1 Å². The van der Waals surface area contributed by atoms with Crippen molar-refractivity contribution in [3.8, 4) is 17.0 Å². The molecule has 1 aliphatic rings. The van der Waals surface area contributed by atoms with Gasteiger partial charge in [-0.25, -0.2) is 0 Å². The Bertz CT molecular complexity index is 1310. The van der Waals surface area contributed by atoms with E-state index in [1.165, 1.54) is 42.0 Å². The van der Waals surface area contributed by atoms with Crippen LogP contribution in [0.4, 0.5) is 13.2 Å². The number of carbonyl (C=O) groups is 1. The van der Waals surface area contributed by atoms with Gasteiger partial charge in [0.1, 0.15) is 17.8 Å². The predicted molar refractivity (Wildman–Crippen MR) is 140 cm³/mol. The number of unbranched alkanes of at least 4 members (excludes halogenated alkanes) is 1. The van der Waals surface area contributed by atoms with E-state index in [0.29, 0.717) is 16.8 Å². The highest BCUT2D eigenvalue weighted by Crippen LogP contribution is 2.28. The highest BCUT2D eigenvalue weighted by atomic mass is 19.4. The molecule has 0 atom stereocenters. The lowest BCUT2D eigenvalue weighted by atomic mass is 10.1. The van der Waals surface area contributed by atoms with E-state index in [0.717, 1.165) is 44.5 Å². The van der Waals surface area contributed by atoms with E-state index in [2.05, 4.69) is 15.0 Å². The monoisotopic (exact) mass is 532 g/mol. The van der Waals surface area contributed by atoms with E-state index in [1.807, 2.05) is 26.1 Å². The summed E-state index contributed by atoms with van der Waals surface area (Å²) in [6.07, 6.45) is 5.44. The number of nitrogens with one attached hydrogen (secondary N) is 1. The Morgan fingerprint density at radius 3 is 2.55 bits per heavy atom. The Balaban J connectivity index is 1.62. The number of hydrogen-bond donors (Lipinski definition) is 1. The van der Waals surface area contributed by atoms with Crippen LogP contribution >= 0.6 is 0 Å². The highest BCUT2D eigenvalue weighted by Gasteiger charge is 2.31. The molecule has 1 aliphatic heterocycles. The molecule has 3 aromatic rings. The van der Waals surface area contributed by atoms with Gasteiger partial charge in [0.05, 0.1) is 5.69 Å². The maximum atomic E-state index is 13.6. The quantitative estimate of drug-likeness (QED) is 0.373. The molecule has 0 saturated carbocycles. The first kappa shape index (κ1) is 27.8. The Kier molecular flexibility index (Phi) is 8.81. The van der Waals surface area contributed by atoms with E-state index in [1.54, 1.807) is 16.7 Å². The molecule has 1 fully saturated rings. The molecule has 0 unspecified atom stereocenters. The standard InChI is InChI=1S/C28H35F3N4O3/c1-20(2)32-26(36)19-35-25(22-10-8-11-23(16-22)38-28(29,30)31)18-34-17-21(15-24(34)27(35)37)9-4-7-14-33-12-5-3-6-13-33/h8,10-11,15-18,20H,3-7,9,12-14,19H2,1-2H3,(H,32,36). The second kappa shape index (κ2) is 12.1. The third kappa shape index (κ3) is 7.40. The molecule has 3 heterocycles. The molecule has 10 heteroatoms. The summed E-state index contributed by atoms with van der Waals surface area (Å²) in [6.45, 7) is 6.77. The normalized spacial score (nSPS) is 14.8. The van der Waals surface area contributed by atoms with Crippen LogP contribution in [0.2, 0.25) is 0 Å². The predicted octanol–water partition coefficient (Wildman–Crippen LogP) is 5.00. The van der Waals surface area contributed by atoms with E-state index in [9.17, 15) is 22.8 Å². The van der Waals surface area contributed by atoms with Crippen LogP contribution in [-0.2, 0) is 17.8 Å². The third-order valence-electron chi connectivity index (χ3n) is 6.67. The van der Waals surface area contributed by atoms with Crippen molar-refractivity contribution < 1.29 is 22.7 Å². The van der Waals surface area contributed by atoms with Gasteiger partial charge in [-0.05, 0) is 89.3 Å². The van der Waals surface area contributed by atoms with Crippen LogP contribution < -0.4 is 15.6 Å². The van der Waals surface area contributed by atoms with Crippen molar-refractivity contribution in [1.29, 1.82) is 0 Å². The molecule has 1 N–H and O–H groups in total. The summed E-state index contributed by atoms with van der Waals surface area (Å²) in [6, 6.07) is 7.14. The molecule has 206 valence electrons. The van der Waals surface area contributed by atoms with Crippen LogP contribution in [0.5, 0.6) is 5.75 Å². The Hall–Kier alpha value is -3.27. The number of carbonyl (C=O) groups excluding carboxylic acids is 1. The number of benzene rings is 1. The Labute approximate surface area is 220 Å². The fourth-order valence-electron chi connectivity index (χ4n) is 5.00. The molecule has 0 radical (unpaired) electrons. The van der Waals surface area contributed by atoms with Crippen molar-refractivity contribution in [1.82, 2.24) is 19.2 Å². The maximum absolute atomic E-state index is 13.6. The second-order valence-electron chi connectivity index (χ2n) is 10.2. The number of likely N-dealkylation sites (tertiary alicyclic amines) is 1. The number of aromatic nitrogens is 2. The number of ether oxygens (including phenoxy) is 1. The zero-order valence-electron chi connectivity index (χ0n) is 21.9. The number of rotatable bonds is 10. The van der Waals surface area contributed by atoms with Crippen LogP contribution in [0.15, 0.2) is 47.5 Å². The molecular weight excluding hydrogens is 497 g/mol. The minimum Gasteiger partial charge on any atom is -0.406 e. The average Bonchev–Trinajstić information content (AvgIpc) is 3.26. The van der Waals surface area contributed by atoms with Gasteiger partial charge >= 0.3 is 6.36 Å². The van der Waals surface area contributed by atoms with Crippen molar-refractivity contribution in [2.24, 2.45) is 0 Å². The van der Waals surface area contributed by atoms with Gasteiger partial charge in [-0.3, -0.25) is 14.2 Å². The van der Waals surface area contributed by atoms with Crippen molar-refractivity contribution in [3.05, 3.63) is 58.6 Å². The minimum absolute atomic E-state index is 0.126. The molecule has 1 amide bonds. The summed E-state index contributed by atoms with van der Waals surface area (Å²) < 4.78 is 45.5. The highest BCUT2D eigenvalue weighted by molar-refractivity contribution is 5.77. The third-order valence-corrected chi connectivity index (χ3v) is 6.67.